The van der Waals surface area contributed by atoms with E-state index in [1.54, 1.807) is 11.3 Å². The minimum atomic E-state index is -0.199. The van der Waals surface area contributed by atoms with Gasteiger partial charge in [0.2, 0.25) is 5.91 Å². The molecule has 0 aliphatic heterocycles. The summed E-state index contributed by atoms with van der Waals surface area (Å²) >= 11 is 1.75. The zero-order chi connectivity index (χ0) is 14.5. The number of aromatic nitrogens is 1. The van der Waals surface area contributed by atoms with Gasteiger partial charge in [-0.05, 0) is 46.0 Å². The lowest BCUT2D eigenvalue weighted by molar-refractivity contribution is -0.126. The van der Waals surface area contributed by atoms with Gasteiger partial charge in [-0.15, -0.1) is 11.3 Å². The number of amides is 1. The SMILES string of the molecule is Cc1nc(CCCNC(=O)C2CCC(O)CC2)sc1C. The van der Waals surface area contributed by atoms with E-state index in [1.807, 2.05) is 6.92 Å². The van der Waals surface area contributed by atoms with Crippen LogP contribution in [0.25, 0.3) is 0 Å². The van der Waals surface area contributed by atoms with Crippen LogP contribution in [0.15, 0.2) is 0 Å². The molecule has 1 heterocycles. The maximum absolute atomic E-state index is 12.0. The lowest BCUT2D eigenvalue weighted by Crippen LogP contribution is -2.34. The third-order valence-corrected chi connectivity index (χ3v) is 5.14. The highest BCUT2D eigenvalue weighted by atomic mass is 32.1. The Bertz CT molecular complexity index is 431. The molecular weight excluding hydrogens is 272 g/mol. The quantitative estimate of drug-likeness (QED) is 0.820. The lowest BCUT2D eigenvalue weighted by Gasteiger charge is -2.24. The Balaban J connectivity index is 1.64. The summed E-state index contributed by atoms with van der Waals surface area (Å²) in [4.78, 5) is 17.8. The number of thiazole rings is 1. The Hall–Kier alpha value is -0.940. The van der Waals surface area contributed by atoms with Crippen molar-refractivity contribution in [3.63, 3.8) is 0 Å². The van der Waals surface area contributed by atoms with E-state index in [4.69, 9.17) is 0 Å². The molecule has 4 nitrogen and oxygen atoms in total. The summed E-state index contributed by atoms with van der Waals surface area (Å²) < 4.78 is 0. The molecule has 112 valence electrons. The van der Waals surface area contributed by atoms with Gasteiger partial charge in [-0.1, -0.05) is 0 Å². The van der Waals surface area contributed by atoms with Crippen molar-refractivity contribution in [3.05, 3.63) is 15.6 Å². The van der Waals surface area contributed by atoms with Gasteiger partial charge in [-0.2, -0.15) is 0 Å². The van der Waals surface area contributed by atoms with Gasteiger partial charge in [0.05, 0.1) is 16.8 Å². The van der Waals surface area contributed by atoms with Crippen molar-refractivity contribution in [2.24, 2.45) is 5.92 Å². The van der Waals surface area contributed by atoms with Crippen molar-refractivity contribution in [3.8, 4) is 0 Å². The Morgan fingerprint density at radius 3 is 2.65 bits per heavy atom. The third kappa shape index (κ3) is 4.28. The summed E-state index contributed by atoms with van der Waals surface area (Å²) in [6.07, 6.45) is 4.83. The van der Waals surface area contributed by atoms with Gasteiger partial charge in [0.25, 0.3) is 0 Å². The van der Waals surface area contributed by atoms with E-state index in [-0.39, 0.29) is 17.9 Å². The Morgan fingerprint density at radius 1 is 1.35 bits per heavy atom. The first-order chi connectivity index (χ1) is 9.56. The predicted molar refractivity (Wildman–Crippen MR) is 80.9 cm³/mol. The molecular formula is C15H24N2O2S. The Morgan fingerprint density at radius 2 is 2.05 bits per heavy atom. The first-order valence-electron chi connectivity index (χ1n) is 7.45. The molecule has 0 unspecified atom stereocenters. The second-order valence-electron chi connectivity index (χ2n) is 5.65. The van der Waals surface area contributed by atoms with Gasteiger partial charge in [-0.25, -0.2) is 4.98 Å². The van der Waals surface area contributed by atoms with E-state index in [9.17, 15) is 9.90 Å². The van der Waals surface area contributed by atoms with E-state index in [2.05, 4.69) is 17.2 Å². The van der Waals surface area contributed by atoms with E-state index < -0.39 is 0 Å². The van der Waals surface area contributed by atoms with Gasteiger partial charge in [0.15, 0.2) is 0 Å². The van der Waals surface area contributed by atoms with Gasteiger partial charge in [0.1, 0.15) is 0 Å². The average molecular weight is 296 g/mol. The van der Waals surface area contributed by atoms with Crippen molar-refractivity contribution in [2.45, 2.75) is 58.5 Å². The van der Waals surface area contributed by atoms with E-state index in [0.29, 0.717) is 0 Å². The molecule has 0 radical (unpaired) electrons. The maximum atomic E-state index is 12.0. The van der Waals surface area contributed by atoms with Crippen LogP contribution in [0, 0.1) is 19.8 Å². The first-order valence-corrected chi connectivity index (χ1v) is 8.26. The number of hydrogen-bond acceptors (Lipinski definition) is 4. The summed E-state index contributed by atoms with van der Waals surface area (Å²) in [6, 6.07) is 0. The van der Waals surface area contributed by atoms with Crippen molar-refractivity contribution in [1.82, 2.24) is 10.3 Å². The number of nitrogens with zero attached hydrogens (tertiary/aromatic N) is 1. The van der Waals surface area contributed by atoms with Gasteiger partial charge in [0, 0.05) is 23.8 Å². The maximum Gasteiger partial charge on any atom is 0.223 e. The van der Waals surface area contributed by atoms with Gasteiger partial charge < -0.3 is 10.4 Å². The number of aliphatic hydroxyl groups excluding tert-OH is 1. The average Bonchev–Trinajstić information content (AvgIpc) is 2.74. The molecule has 2 N–H and O–H groups in total. The number of hydrogen-bond donors (Lipinski definition) is 2. The smallest absolute Gasteiger partial charge is 0.223 e. The standard InChI is InChI=1S/C15H24N2O2S/c1-10-11(2)20-14(17-10)4-3-9-16-15(19)12-5-7-13(18)8-6-12/h12-13,18H,3-9H2,1-2H3,(H,16,19). The molecule has 0 bridgehead atoms. The second-order valence-corrected chi connectivity index (χ2v) is 6.94. The fraction of sp³-hybridized carbons (Fsp3) is 0.733. The topological polar surface area (TPSA) is 62.2 Å². The van der Waals surface area contributed by atoms with E-state index in [0.717, 1.165) is 55.8 Å². The largest absolute Gasteiger partial charge is 0.393 e. The summed E-state index contributed by atoms with van der Waals surface area (Å²) in [5.41, 5.74) is 1.12. The molecule has 0 aromatic carbocycles. The van der Waals surface area contributed by atoms with Crippen LogP contribution >= 0.6 is 11.3 Å². The van der Waals surface area contributed by atoms with Crippen molar-refractivity contribution in [2.75, 3.05) is 6.54 Å². The molecule has 0 spiro atoms. The van der Waals surface area contributed by atoms with Gasteiger partial charge >= 0.3 is 0 Å². The Labute approximate surface area is 124 Å². The van der Waals surface area contributed by atoms with Crippen LogP contribution in [-0.2, 0) is 11.2 Å². The second kappa shape index (κ2) is 7.18. The third-order valence-electron chi connectivity index (χ3n) is 4.01. The zero-order valence-electron chi connectivity index (χ0n) is 12.3. The molecule has 20 heavy (non-hydrogen) atoms. The molecule has 0 atom stereocenters. The van der Waals surface area contributed by atoms with Crippen LogP contribution in [0.1, 0.15) is 47.7 Å². The molecule has 0 saturated heterocycles. The molecule has 1 aliphatic carbocycles. The molecule has 1 aliphatic rings. The monoisotopic (exact) mass is 296 g/mol. The van der Waals surface area contributed by atoms with Gasteiger partial charge in [-0.3, -0.25) is 4.79 Å². The molecule has 1 aromatic rings. The molecule has 2 rings (SSSR count). The predicted octanol–water partition coefficient (Wildman–Crippen LogP) is 2.36. The number of carbonyl (C=O) groups excluding carboxylic acids is 1. The minimum absolute atomic E-state index is 0.0998. The van der Waals surface area contributed by atoms with E-state index >= 15 is 0 Å². The highest BCUT2D eigenvalue weighted by Crippen LogP contribution is 2.24. The number of nitrogens with one attached hydrogen (secondary N) is 1. The molecule has 1 aromatic heterocycles. The zero-order valence-corrected chi connectivity index (χ0v) is 13.1. The number of aliphatic hydroxyl groups is 1. The summed E-state index contributed by atoms with van der Waals surface area (Å²) in [6.45, 7) is 4.85. The number of rotatable bonds is 5. The summed E-state index contributed by atoms with van der Waals surface area (Å²) in [5.74, 6) is 0.256. The highest BCUT2D eigenvalue weighted by Gasteiger charge is 2.24. The normalized spacial score (nSPS) is 22.8. The van der Waals surface area contributed by atoms with Crippen LogP contribution in [0.3, 0.4) is 0 Å². The lowest BCUT2D eigenvalue weighted by atomic mass is 9.87. The number of aryl methyl sites for hydroxylation is 3. The van der Waals surface area contributed by atoms with Crippen LogP contribution in [0.5, 0.6) is 0 Å². The fourth-order valence-corrected chi connectivity index (χ4v) is 3.56. The van der Waals surface area contributed by atoms with Crippen molar-refractivity contribution >= 4 is 17.2 Å². The van der Waals surface area contributed by atoms with E-state index in [1.165, 1.54) is 4.88 Å². The molecule has 1 amide bonds. The summed E-state index contributed by atoms with van der Waals surface area (Å²) in [7, 11) is 0. The van der Waals surface area contributed by atoms with Crippen molar-refractivity contribution in [1.29, 1.82) is 0 Å². The summed E-state index contributed by atoms with van der Waals surface area (Å²) in [5, 5.41) is 13.6. The molecule has 1 saturated carbocycles. The fourth-order valence-electron chi connectivity index (χ4n) is 2.58. The van der Waals surface area contributed by atoms with Crippen molar-refractivity contribution < 1.29 is 9.90 Å². The number of carbonyl (C=O) groups is 1. The Kier molecular flexibility index (Phi) is 5.54. The van der Waals surface area contributed by atoms with Crippen LogP contribution in [0.4, 0.5) is 0 Å². The van der Waals surface area contributed by atoms with Crippen LogP contribution in [-0.4, -0.2) is 28.6 Å². The van der Waals surface area contributed by atoms with Crippen LogP contribution < -0.4 is 5.32 Å². The minimum Gasteiger partial charge on any atom is -0.393 e. The first kappa shape index (κ1) is 15.4. The molecule has 1 fully saturated rings. The highest BCUT2D eigenvalue weighted by molar-refractivity contribution is 7.11. The van der Waals surface area contributed by atoms with Crippen LogP contribution in [0.2, 0.25) is 0 Å². The molecule has 5 heteroatoms.